The van der Waals surface area contributed by atoms with Gasteiger partial charge in [-0.15, -0.1) is 24.0 Å². The van der Waals surface area contributed by atoms with Crippen molar-refractivity contribution in [3.8, 4) is 0 Å². The molecule has 0 aliphatic carbocycles. The Morgan fingerprint density at radius 1 is 1.22 bits per heavy atom. The number of halogens is 1. The zero-order valence-corrected chi connectivity index (χ0v) is 15.0. The van der Waals surface area contributed by atoms with E-state index in [2.05, 4.69) is 50.2 Å². The highest BCUT2D eigenvalue weighted by Gasteiger charge is 2.23. The number of aliphatic imine (C=N–C) groups is 1. The molecule has 0 aliphatic heterocycles. The highest BCUT2D eigenvalue weighted by atomic mass is 127. The van der Waals surface area contributed by atoms with Crippen molar-refractivity contribution in [2.24, 2.45) is 10.4 Å². The molecule has 0 aromatic heterocycles. The lowest BCUT2D eigenvalue weighted by Crippen LogP contribution is -2.39. The Morgan fingerprint density at radius 2 is 1.83 bits per heavy atom. The van der Waals surface area contributed by atoms with Gasteiger partial charge in [0.05, 0.1) is 12.6 Å². The van der Waals surface area contributed by atoms with Gasteiger partial charge in [0.2, 0.25) is 0 Å². The van der Waals surface area contributed by atoms with Crippen LogP contribution in [0.4, 0.5) is 0 Å². The molecular formula is C13H30IN3O. The molecule has 0 bridgehead atoms. The van der Waals surface area contributed by atoms with Crippen LogP contribution in [0.15, 0.2) is 4.99 Å². The first-order valence-electron chi connectivity index (χ1n) is 6.50. The molecule has 0 fully saturated rings. The number of hydrogen-bond acceptors (Lipinski definition) is 2. The lowest BCUT2D eigenvalue weighted by Gasteiger charge is -2.28. The molecule has 0 aromatic carbocycles. The van der Waals surface area contributed by atoms with Crippen molar-refractivity contribution in [1.82, 2.24) is 10.6 Å². The molecule has 1 atom stereocenters. The third kappa shape index (κ3) is 8.97. The second-order valence-corrected chi connectivity index (χ2v) is 5.24. The first-order chi connectivity index (χ1) is 7.95. The Labute approximate surface area is 129 Å². The second-order valence-electron chi connectivity index (χ2n) is 5.24. The smallest absolute Gasteiger partial charge is 0.191 e. The zero-order valence-electron chi connectivity index (χ0n) is 12.7. The number of methoxy groups -OCH3 is 1. The van der Waals surface area contributed by atoms with Gasteiger partial charge in [-0.2, -0.15) is 0 Å². The van der Waals surface area contributed by atoms with Crippen LogP contribution in [-0.2, 0) is 4.74 Å². The number of rotatable bonds is 6. The molecular weight excluding hydrogens is 341 g/mol. The third-order valence-corrected chi connectivity index (χ3v) is 2.55. The summed E-state index contributed by atoms with van der Waals surface area (Å²) in [6, 6.07) is 0. The van der Waals surface area contributed by atoms with Gasteiger partial charge in [0, 0.05) is 20.2 Å². The normalized spacial score (nSPS) is 13.8. The van der Waals surface area contributed by atoms with E-state index >= 15 is 0 Å². The van der Waals surface area contributed by atoms with Crippen molar-refractivity contribution < 1.29 is 4.74 Å². The van der Waals surface area contributed by atoms with Gasteiger partial charge in [-0.3, -0.25) is 4.99 Å². The summed E-state index contributed by atoms with van der Waals surface area (Å²) < 4.78 is 5.49. The Kier molecular flexibility index (Phi) is 12.2. The van der Waals surface area contributed by atoms with Crippen molar-refractivity contribution in [3.63, 3.8) is 0 Å². The summed E-state index contributed by atoms with van der Waals surface area (Å²) in [7, 11) is 1.75. The Morgan fingerprint density at radius 3 is 2.22 bits per heavy atom. The maximum atomic E-state index is 5.49. The first-order valence-corrected chi connectivity index (χ1v) is 6.50. The zero-order chi connectivity index (χ0) is 13.3. The van der Waals surface area contributed by atoms with E-state index in [1.807, 2.05) is 0 Å². The van der Waals surface area contributed by atoms with Crippen LogP contribution in [0, 0.1) is 5.41 Å². The van der Waals surface area contributed by atoms with E-state index in [0.717, 1.165) is 25.5 Å². The molecule has 0 heterocycles. The Balaban J connectivity index is 0. The Bertz CT molecular complexity index is 227. The molecule has 0 saturated carbocycles. The van der Waals surface area contributed by atoms with Gasteiger partial charge < -0.3 is 15.4 Å². The highest BCUT2D eigenvalue weighted by molar-refractivity contribution is 14.0. The molecule has 0 radical (unpaired) electrons. The van der Waals surface area contributed by atoms with Crippen LogP contribution in [-0.4, -0.2) is 38.8 Å². The summed E-state index contributed by atoms with van der Waals surface area (Å²) in [6.07, 6.45) is 1.23. The fourth-order valence-electron chi connectivity index (χ4n) is 1.46. The van der Waals surface area contributed by atoms with Crippen molar-refractivity contribution in [1.29, 1.82) is 0 Å². The second kappa shape index (κ2) is 10.8. The topological polar surface area (TPSA) is 45.7 Å². The van der Waals surface area contributed by atoms with Crippen LogP contribution in [0.1, 0.15) is 41.0 Å². The van der Waals surface area contributed by atoms with Crippen molar-refractivity contribution >= 4 is 29.9 Å². The van der Waals surface area contributed by atoms with Crippen LogP contribution in [0.5, 0.6) is 0 Å². The van der Waals surface area contributed by atoms with Gasteiger partial charge >= 0.3 is 0 Å². The lowest BCUT2D eigenvalue weighted by molar-refractivity contribution is 0.0241. The quantitative estimate of drug-likeness (QED) is 0.429. The summed E-state index contributed by atoms with van der Waals surface area (Å²) in [4.78, 5) is 4.56. The first kappa shape index (κ1) is 20.3. The molecule has 2 N–H and O–H groups in total. The van der Waals surface area contributed by atoms with E-state index in [1.165, 1.54) is 0 Å². The minimum Gasteiger partial charge on any atom is -0.379 e. The summed E-state index contributed by atoms with van der Waals surface area (Å²) in [5.74, 6) is 0.876. The van der Waals surface area contributed by atoms with E-state index in [9.17, 15) is 0 Å². The number of nitrogens with zero attached hydrogens (tertiary/aromatic N) is 1. The highest BCUT2D eigenvalue weighted by Crippen LogP contribution is 2.21. The lowest BCUT2D eigenvalue weighted by atomic mass is 9.89. The number of guanidine groups is 1. The molecule has 110 valence electrons. The van der Waals surface area contributed by atoms with Gasteiger partial charge in [0.1, 0.15) is 0 Å². The van der Waals surface area contributed by atoms with Gasteiger partial charge in [-0.25, -0.2) is 0 Å². The third-order valence-electron chi connectivity index (χ3n) is 2.55. The molecule has 0 spiro atoms. The summed E-state index contributed by atoms with van der Waals surface area (Å²) in [6.45, 7) is 13.2. The van der Waals surface area contributed by atoms with Crippen molar-refractivity contribution in [3.05, 3.63) is 0 Å². The van der Waals surface area contributed by atoms with E-state index in [0.29, 0.717) is 6.54 Å². The molecule has 5 heteroatoms. The van der Waals surface area contributed by atoms with Gasteiger partial charge in [0.15, 0.2) is 5.96 Å². The summed E-state index contributed by atoms with van der Waals surface area (Å²) in [5.41, 5.74) is 0.111. The standard InChI is InChI=1S/C13H29N3O.HI/c1-7-9-15-12(14-8-2)16-10-11(17-6)13(3,4)5;/h11H,7-10H2,1-6H3,(H2,14,15,16);1H. The predicted octanol–water partition coefficient (Wildman–Crippen LogP) is 2.63. The molecule has 1 unspecified atom stereocenters. The van der Waals surface area contributed by atoms with Crippen molar-refractivity contribution in [2.45, 2.75) is 47.1 Å². The molecule has 0 aliphatic rings. The van der Waals surface area contributed by atoms with Crippen LogP contribution in [0.2, 0.25) is 0 Å². The minimum absolute atomic E-state index is 0. The SMILES string of the molecule is CCCNC(=NCC(OC)C(C)(C)C)NCC.I. The summed E-state index contributed by atoms with van der Waals surface area (Å²) >= 11 is 0. The maximum absolute atomic E-state index is 5.49. The van der Waals surface area contributed by atoms with E-state index in [1.54, 1.807) is 7.11 Å². The molecule has 4 nitrogen and oxygen atoms in total. The minimum atomic E-state index is 0. The van der Waals surface area contributed by atoms with Crippen molar-refractivity contribution in [2.75, 3.05) is 26.7 Å². The summed E-state index contributed by atoms with van der Waals surface area (Å²) in [5, 5.41) is 6.52. The fourth-order valence-corrected chi connectivity index (χ4v) is 1.46. The average Bonchev–Trinajstić information content (AvgIpc) is 2.24. The molecule has 18 heavy (non-hydrogen) atoms. The number of ether oxygens (including phenoxy) is 1. The predicted molar refractivity (Wildman–Crippen MR) is 89.9 cm³/mol. The van der Waals surface area contributed by atoms with Gasteiger partial charge in [0.25, 0.3) is 0 Å². The van der Waals surface area contributed by atoms with Gasteiger partial charge in [-0.05, 0) is 18.8 Å². The average molecular weight is 371 g/mol. The molecule has 0 aromatic rings. The van der Waals surface area contributed by atoms with Crippen LogP contribution in [0.3, 0.4) is 0 Å². The maximum Gasteiger partial charge on any atom is 0.191 e. The molecule has 0 amide bonds. The van der Waals surface area contributed by atoms with E-state index in [4.69, 9.17) is 4.74 Å². The number of nitrogens with one attached hydrogen (secondary N) is 2. The Hall–Kier alpha value is -0.0400. The van der Waals surface area contributed by atoms with Crippen LogP contribution >= 0.6 is 24.0 Å². The molecule has 0 rings (SSSR count). The fraction of sp³-hybridized carbons (Fsp3) is 0.923. The van der Waals surface area contributed by atoms with E-state index in [-0.39, 0.29) is 35.5 Å². The van der Waals surface area contributed by atoms with E-state index < -0.39 is 0 Å². The molecule has 0 saturated heterocycles. The van der Waals surface area contributed by atoms with Crippen LogP contribution in [0.25, 0.3) is 0 Å². The number of hydrogen-bond donors (Lipinski definition) is 2. The monoisotopic (exact) mass is 371 g/mol. The largest absolute Gasteiger partial charge is 0.379 e. The van der Waals surface area contributed by atoms with Crippen LogP contribution < -0.4 is 10.6 Å². The van der Waals surface area contributed by atoms with Gasteiger partial charge in [-0.1, -0.05) is 27.7 Å².